The smallest absolute Gasteiger partial charge is 0.303 e. The van der Waals surface area contributed by atoms with E-state index < -0.39 is 12.1 Å². The van der Waals surface area contributed by atoms with Crippen LogP contribution in [0.3, 0.4) is 0 Å². The molecule has 0 aliphatic carbocycles. The van der Waals surface area contributed by atoms with Crippen LogP contribution in [0.1, 0.15) is 36.4 Å². The fourth-order valence-electron chi connectivity index (χ4n) is 3.21. The molecule has 0 spiro atoms. The van der Waals surface area contributed by atoms with Crippen molar-refractivity contribution in [3.63, 3.8) is 0 Å². The summed E-state index contributed by atoms with van der Waals surface area (Å²) < 4.78 is 7.02. The number of hydrogen-bond donors (Lipinski definition) is 2. The molecule has 2 heterocycles. The lowest BCUT2D eigenvalue weighted by molar-refractivity contribution is -0.150. The predicted octanol–water partition coefficient (Wildman–Crippen LogP) is 3.76. The number of esters is 1. The lowest BCUT2D eigenvalue weighted by Gasteiger charge is -2.17. The Kier molecular flexibility index (Phi) is 5.87. The fourth-order valence-corrected chi connectivity index (χ4v) is 3.21. The number of benzene rings is 1. The van der Waals surface area contributed by atoms with Crippen molar-refractivity contribution in [1.82, 2.24) is 9.38 Å². The van der Waals surface area contributed by atoms with E-state index in [9.17, 15) is 9.59 Å². The molecule has 3 aromatic rings. The quantitative estimate of drug-likeness (QED) is 0.622. The van der Waals surface area contributed by atoms with Gasteiger partial charge in [0.25, 0.3) is 5.91 Å². The van der Waals surface area contributed by atoms with E-state index in [2.05, 4.69) is 20.0 Å². The first kappa shape index (κ1) is 20.4. The van der Waals surface area contributed by atoms with E-state index >= 15 is 0 Å². The molecule has 3 rings (SSSR count). The second-order valence-electron chi connectivity index (χ2n) is 7.09. The van der Waals surface area contributed by atoms with Gasteiger partial charge in [0.1, 0.15) is 0 Å². The molecule has 29 heavy (non-hydrogen) atoms. The van der Waals surface area contributed by atoms with E-state index in [1.165, 1.54) is 6.92 Å². The van der Waals surface area contributed by atoms with Gasteiger partial charge >= 0.3 is 5.97 Å². The third kappa shape index (κ3) is 4.39. The van der Waals surface area contributed by atoms with E-state index in [4.69, 9.17) is 4.74 Å². The van der Waals surface area contributed by atoms with Crippen molar-refractivity contribution in [2.75, 3.05) is 10.6 Å². The zero-order valence-electron chi connectivity index (χ0n) is 17.4. The molecule has 2 N–H and O–H groups in total. The first-order valence-corrected chi connectivity index (χ1v) is 9.52. The molecule has 0 saturated carbocycles. The summed E-state index contributed by atoms with van der Waals surface area (Å²) in [6.07, 6.45) is 1.13. The van der Waals surface area contributed by atoms with Gasteiger partial charge in [0, 0.05) is 31.0 Å². The van der Waals surface area contributed by atoms with Gasteiger partial charge in [-0.15, -0.1) is 0 Å². The molecule has 152 valence electrons. The number of nitrogens with one attached hydrogen (secondary N) is 2. The van der Waals surface area contributed by atoms with Gasteiger partial charge in [0.15, 0.2) is 11.8 Å². The fraction of sp³-hybridized carbons (Fsp3) is 0.318. The number of amides is 1. The zero-order chi connectivity index (χ0) is 21.1. The summed E-state index contributed by atoms with van der Waals surface area (Å²) in [4.78, 5) is 28.1. The van der Waals surface area contributed by atoms with Crippen LogP contribution in [0.5, 0.6) is 0 Å². The lowest BCUT2D eigenvalue weighted by atomic mass is 10.1. The van der Waals surface area contributed by atoms with Crippen molar-refractivity contribution in [1.29, 1.82) is 0 Å². The Morgan fingerprint density at radius 2 is 1.86 bits per heavy atom. The highest BCUT2D eigenvalue weighted by molar-refractivity contribution is 5.95. The molecule has 0 unspecified atom stereocenters. The SMILES string of the molecule is CC(=O)O[C@H](C)C(=O)Nc1cccc(C)c1CNc1cccn2c(C)c(C)nc12. The maximum atomic E-state index is 12.4. The molecular weight excluding hydrogens is 368 g/mol. The molecule has 0 fully saturated rings. The number of ether oxygens (including phenoxy) is 1. The number of aromatic nitrogens is 2. The highest BCUT2D eigenvalue weighted by Gasteiger charge is 2.18. The molecule has 1 aromatic carbocycles. The maximum Gasteiger partial charge on any atom is 0.303 e. The van der Waals surface area contributed by atoms with Crippen LogP contribution in [0.2, 0.25) is 0 Å². The van der Waals surface area contributed by atoms with Gasteiger partial charge in [0.2, 0.25) is 0 Å². The topological polar surface area (TPSA) is 84.7 Å². The number of carbonyl (C=O) groups is 2. The Bertz CT molecular complexity index is 1070. The molecule has 0 bridgehead atoms. The first-order chi connectivity index (χ1) is 13.8. The molecule has 7 nitrogen and oxygen atoms in total. The summed E-state index contributed by atoms with van der Waals surface area (Å²) >= 11 is 0. The summed E-state index contributed by atoms with van der Waals surface area (Å²) in [5.74, 6) is -0.856. The van der Waals surface area contributed by atoms with Gasteiger partial charge in [-0.25, -0.2) is 4.98 Å². The predicted molar refractivity (Wildman–Crippen MR) is 113 cm³/mol. The largest absolute Gasteiger partial charge is 0.453 e. The number of aryl methyl sites for hydroxylation is 3. The summed E-state index contributed by atoms with van der Waals surface area (Å²) in [6, 6.07) is 9.68. The van der Waals surface area contributed by atoms with E-state index in [1.54, 1.807) is 6.92 Å². The lowest BCUT2D eigenvalue weighted by Crippen LogP contribution is -2.29. The maximum absolute atomic E-state index is 12.4. The second kappa shape index (κ2) is 8.34. The molecule has 0 radical (unpaired) electrons. The molecule has 0 aliphatic rings. The molecule has 0 aliphatic heterocycles. The van der Waals surface area contributed by atoms with Crippen molar-refractivity contribution in [2.45, 2.75) is 47.3 Å². The zero-order valence-corrected chi connectivity index (χ0v) is 17.4. The van der Waals surface area contributed by atoms with Crippen LogP contribution in [0.25, 0.3) is 5.65 Å². The van der Waals surface area contributed by atoms with Crippen LogP contribution in [-0.4, -0.2) is 27.4 Å². The molecular formula is C22H26N4O3. The van der Waals surface area contributed by atoms with Gasteiger partial charge in [-0.05, 0) is 57.0 Å². The second-order valence-corrected chi connectivity index (χ2v) is 7.09. The Balaban J connectivity index is 1.82. The number of hydrogen-bond acceptors (Lipinski definition) is 5. The van der Waals surface area contributed by atoms with Crippen molar-refractivity contribution >= 4 is 28.9 Å². The Labute approximate surface area is 170 Å². The third-order valence-electron chi connectivity index (χ3n) is 4.96. The average Bonchev–Trinajstić information content (AvgIpc) is 2.95. The Morgan fingerprint density at radius 1 is 1.14 bits per heavy atom. The van der Waals surface area contributed by atoms with Gasteiger partial charge < -0.3 is 19.8 Å². The number of fused-ring (bicyclic) bond motifs is 1. The Hall–Kier alpha value is -3.35. The summed E-state index contributed by atoms with van der Waals surface area (Å²) in [5.41, 5.74) is 6.55. The van der Waals surface area contributed by atoms with Crippen molar-refractivity contribution in [3.05, 3.63) is 59.0 Å². The number of nitrogens with zero attached hydrogens (tertiary/aromatic N) is 2. The van der Waals surface area contributed by atoms with E-state index in [0.717, 1.165) is 33.8 Å². The monoisotopic (exact) mass is 394 g/mol. The van der Waals surface area contributed by atoms with E-state index in [-0.39, 0.29) is 5.91 Å². The molecule has 2 aromatic heterocycles. The summed E-state index contributed by atoms with van der Waals surface area (Å²) in [5, 5.41) is 6.31. The highest BCUT2D eigenvalue weighted by atomic mass is 16.5. The minimum atomic E-state index is -0.863. The average molecular weight is 394 g/mol. The normalized spacial score (nSPS) is 11.9. The molecule has 1 atom stereocenters. The van der Waals surface area contributed by atoms with Crippen LogP contribution in [0.15, 0.2) is 36.5 Å². The van der Waals surface area contributed by atoms with Crippen LogP contribution in [0.4, 0.5) is 11.4 Å². The number of rotatable bonds is 6. The number of anilines is 2. The van der Waals surface area contributed by atoms with E-state index in [0.29, 0.717) is 12.2 Å². The highest BCUT2D eigenvalue weighted by Crippen LogP contribution is 2.24. The third-order valence-corrected chi connectivity index (χ3v) is 4.96. The van der Waals surface area contributed by atoms with Crippen molar-refractivity contribution in [2.24, 2.45) is 0 Å². The number of imidazole rings is 1. The van der Waals surface area contributed by atoms with Crippen LogP contribution >= 0.6 is 0 Å². The minimum Gasteiger partial charge on any atom is -0.453 e. The van der Waals surface area contributed by atoms with Gasteiger partial charge in [0.05, 0.1) is 11.4 Å². The van der Waals surface area contributed by atoms with Crippen LogP contribution in [0, 0.1) is 20.8 Å². The molecule has 0 saturated heterocycles. The number of carbonyl (C=O) groups excluding carboxylic acids is 2. The van der Waals surface area contributed by atoms with Crippen molar-refractivity contribution in [3.8, 4) is 0 Å². The summed E-state index contributed by atoms with van der Waals surface area (Å²) in [6.45, 7) is 9.37. The molecule has 7 heteroatoms. The van der Waals surface area contributed by atoms with Crippen LogP contribution < -0.4 is 10.6 Å². The standard InChI is InChI=1S/C22H26N4O3/c1-13-8-6-9-19(25-22(28)16(4)29-17(5)27)18(13)12-23-20-10-7-11-26-15(3)14(2)24-21(20)26/h6-11,16,23H,12H2,1-5H3,(H,25,28)/t16-/m1/s1. The van der Waals surface area contributed by atoms with E-state index in [1.807, 2.05) is 57.3 Å². The Morgan fingerprint density at radius 3 is 2.59 bits per heavy atom. The minimum absolute atomic E-state index is 0.367. The van der Waals surface area contributed by atoms with Gasteiger partial charge in [-0.1, -0.05) is 12.1 Å². The summed E-state index contributed by atoms with van der Waals surface area (Å²) in [7, 11) is 0. The molecule has 1 amide bonds. The van der Waals surface area contributed by atoms with Crippen molar-refractivity contribution < 1.29 is 14.3 Å². The first-order valence-electron chi connectivity index (χ1n) is 9.52. The van der Waals surface area contributed by atoms with Crippen LogP contribution in [-0.2, 0) is 20.9 Å². The van der Waals surface area contributed by atoms with Gasteiger partial charge in [-0.3, -0.25) is 9.59 Å². The van der Waals surface area contributed by atoms with Gasteiger partial charge in [-0.2, -0.15) is 0 Å². The number of pyridine rings is 1.